The van der Waals surface area contributed by atoms with E-state index in [1.807, 2.05) is 12.1 Å². The lowest BCUT2D eigenvalue weighted by Gasteiger charge is -2.15. The van der Waals surface area contributed by atoms with Gasteiger partial charge in [0.25, 0.3) is 5.91 Å². The van der Waals surface area contributed by atoms with Crippen LogP contribution in [-0.2, 0) is 6.42 Å². The maximum Gasteiger partial charge on any atom is 0.251 e. The van der Waals surface area contributed by atoms with Crippen LogP contribution in [0.5, 0.6) is 5.75 Å². The number of ether oxygens (including phenoxy) is 1. The number of carbonyl (C=O) groups excluding carboxylic acids is 1. The smallest absolute Gasteiger partial charge is 0.251 e. The standard InChI is InChI=1S/C27H27F2N5O2S/c28-19-4-6-22(21(29)15-19)33-26(32-16-30)24-14-17-7-12-36-23-13-18(3-5-20(23)25(17)37-24)27(35)31-8-11-34-9-1-2-10-34/h3-6,13-16H,1-2,7-12H2,(H,31,35)(H2,30,32,33). The van der Waals surface area contributed by atoms with Gasteiger partial charge in [0.2, 0.25) is 0 Å². The molecule has 2 aliphatic heterocycles. The van der Waals surface area contributed by atoms with Crippen molar-refractivity contribution < 1.29 is 18.3 Å². The van der Waals surface area contributed by atoms with Crippen LogP contribution in [0.15, 0.2) is 52.4 Å². The molecule has 0 bridgehead atoms. The van der Waals surface area contributed by atoms with Crippen LogP contribution in [0.1, 0.15) is 33.6 Å². The fourth-order valence-corrected chi connectivity index (χ4v) is 5.72. The molecule has 2 aromatic carbocycles. The fourth-order valence-electron chi connectivity index (χ4n) is 4.53. The minimum Gasteiger partial charge on any atom is -0.493 e. The Morgan fingerprint density at radius 1 is 1.16 bits per heavy atom. The van der Waals surface area contributed by atoms with Gasteiger partial charge in [-0.3, -0.25) is 4.79 Å². The molecule has 7 nitrogen and oxygen atoms in total. The summed E-state index contributed by atoms with van der Waals surface area (Å²) in [4.78, 5) is 25.2. The lowest BCUT2D eigenvalue weighted by Crippen LogP contribution is -2.33. The van der Waals surface area contributed by atoms with E-state index in [1.54, 1.807) is 12.1 Å². The first-order valence-electron chi connectivity index (χ1n) is 12.2. The Hall–Kier alpha value is -3.63. The molecule has 1 aromatic heterocycles. The van der Waals surface area contributed by atoms with E-state index in [9.17, 15) is 13.6 Å². The molecule has 3 heterocycles. The van der Waals surface area contributed by atoms with Crippen LogP contribution < -0.4 is 15.8 Å². The number of nitrogens with two attached hydrogens (primary N) is 1. The summed E-state index contributed by atoms with van der Waals surface area (Å²) in [6, 6.07) is 10.6. The summed E-state index contributed by atoms with van der Waals surface area (Å²) >= 11 is 1.43. The molecule has 192 valence electrons. The summed E-state index contributed by atoms with van der Waals surface area (Å²) in [6.07, 6.45) is 4.18. The molecule has 3 aromatic rings. The number of amides is 1. The lowest BCUT2D eigenvalue weighted by molar-refractivity contribution is 0.0949. The average molecular weight is 524 g/mol. The highest BCUT2D eigenvalue weighted by Gasteiger charge is 2.22. The molecule has 1 saturated heterocycles. The third-order valence-corrected chi connectivity index (χ3v) is 7.60. The van der Waals surface area contributed by atoms with Crippen molar-refractivity contribution in [2.45, 2.75) is 19.3 Å². The number of thiophene rings is 1. The SMILES string of the molecule is NC=NC(=Nc1ccc(F)cc1F)c1cc2c(s1)-c1ccc(C(=O)NCCN3CCCC3)cc1OCC2. The molecule has 0 unspecified atom stereocenters. The minimum atomic E-state index is -0.784. The second-order valence-electron chi connectivity index (χ2n) is 8.89. The van der Waals surface area contributed by atoms with E-state index in [0.29, 0.717) is 35.8 Å². The predicted octanol–water partition coefficient (Wildman–Crippen LogP) is 4.52. The molecule has 3 N–H and O–H groups in total. The number of halogens is 2. The highest BCUT2D eigenvalue weighted by atomic mass is 32.1. The van der Waals surface area contributed by atoms with Gasteiger partial charge in [0.05, 0.1) is 17.8 Å². The average Bonchev–Trinajstić information content (AvgIpc) is 3.52. The molecule has 5 rings (SSSR count). The Labute approximate surface area is 217 Å². The Morgan fingerprint density at radius 2 is 2.00 bits per heavy atom. The zero-order valence-electron chi connectivity index (χ0n) is 20.2. The van der Waals surface area contributed by atoms with E-state index < -0.39 is 11.6 Å². The number of carbonyl (C=O) groups is 1. The predicted molar refractivity (Wildman–Crippen MR) is 142 cm³/mol. The zero-order valence-corrected chi connectivity index (χ0v) is 21.0. The number of benzene rings is 2. The number of fused-ring (bicyclic) bond motifs is 3. The molecule has 1 fully saturated rings. The quantitative estimate of drug-likeness (QED) is 0.367. The van der Waals surface area contributed by atoms with Gasteiger partial charge in [-0.05, 0) is 67.9 Å². The van der Waals surface area contributed by atoms with Crippen molar-refractivity contribution in [3.8, 4) is 16.2 Å². The van der Waals surface area contributed by atoms with E-state index in [2.05, 4.69) is 20.2 Å². The maximum atomic E-state index is 14.2. The molecule has 0 aliphatic carbocycles. The van der Waals surface area contributed by atoms with Crippen molar-refractivity contribution >= 4 is 35.1 Å². The molecule has 1 amide bonds. The Kier molecular flexibility index (Phi) is 7.57. The first-order valence-corrected chi connectivity index (χ1v) is 13.0. The zero-order chi connectivity index (χ0) is 25.8. The highest BCUT2D eigenvalue weighted by molar-refractivity contribution is 7.17. The normalized spacial score (nSPS) is 15.8. The van der Waals surface area contributed by atoms with E-state index in [-0.39, 0.29) is 17.4 Å². The first-order chi connectivity index (χ1) is 18.0. The van der Waals surface area contributed by atoms with E-state index in [1.165, 1.54) is 30.2 Å². The number of nitrogens with zero attached hydrogens (tertiary/aromatic N) is 3. The molecular weight excluding hydrogens is 496 g/mol. The fraction of sp³-hybridized carbons (Fsp3) is 0.296. The second kappa shape index (κ2) is 11.2. The van der Waals surface area contributed by atoms with E-state index in [4.69, 9.17) is 10.5 Å². The molecule has 0 atom stereocenters. The van der Waals surface area contributed by atoms with Crippen LogP contribution in [0.3, 0.4) is 0 Å². The van der Waals surface area contributed by atoms with Gasteiger partial charge in [0.15, 0.2) is 11.7 Å². The molecular formula is C27H27F2N5O2S. The summed E-state index contributed by atoms with van der Waals surface area (Å²) in [5.74, 6) is -0.741. The first kappa shape index (κ1) is 25.0. The third-order valence-electron chi connectivity index (χ3n) is 6.39. The van der Waals surface area contributed by atoms with Gasteiger partial charge in [-0.1, -0.05) is 0 Å². The third kappa shape index (κ3) is 5.70. The number of nitrogens with one attached hydrogen (secondary N) is 1. The van der Waals surface area contributed by atoms with Crippen LogP contribution in [0.4, 0.5) is 14.5 Å². The van der Waals surface area contributed by atoms with E-state index >= 15 is 0 Å². The number of amidine groups is 1. The van der Waals surface area contributed by atoms with Gasteiger partial charge in [-0.2, -0.15) is 0 Å². The number of aliphatic imine (C=N–C) groups is 2. The molecule has 10 heteroatoms. The van der Waals surface area contributed by atoms with Gasteiger partial charge in [0, 0.05) is 41.6 Å². The van der Waals surface area contributed by atoms with Crippen LogP contribution in [0.2, 0.25) is 0 Å². The lowest BCUT2D eigenvalue weighted by atomic mass is 10.0. The maximum absolute atomic E-state index is 14.2. The molecule has 37 heavy (non-hydrogen) atoms. The number of likely N-dealkylation sites (tertiary alicyclic amines) is 1. The van der Waals surface area contributed by atoms with Crippen molar-refractivity contribution in [1.82, 2.24) is 10.2 Å². The van der Waals surface area contributed by atoms with Crippen LogP contribution >= 0.6 is 11.3 Å². The number of rotatable bonds is 6. The van der Waals surface area contributed by atoms with Crippen molar-refractivity contribution in [3.63, 3.8) is 0 Å². The van der Waals surface area contributed by atoms with Crippen molar-refractivity contribution in [2.24, 2.45) is 15.7 Å². The van der Waals surface area contributed by atoms with Gasteiger partial charge in [0.1, 0.15) is 17.3 Å². The van der Waals surface area contributed by atoms with Crippen molar-refractivity contribution in [2.75, 3.05) is 32.8 Å². The monoisotopic (exact) mass is 523 g/mol. The summed E-state index contributed by atoms with van der Waals surface area (Å²) < 4.78 is 33.5. The molecule has 0 saturated carbocycles. The van der Waals surface area contributed by atoms with Gasteiger partial charge in [-0.25, -0.2) is 18.8 Å². The molecule has 0 radical (unpaired) electrons. The van der Waals surface area contributed by atoms with E-state index in [0.717, 1.165) is 54.1 Å². The number of hydrogen-bond acceptors (Lipinski definition) is 5. The van der Waals surface area contributed by atoms with Gasteiger partial charge < -0.3 is 20.7 Å². The summed E-state index contributed by atoms with van der Waals surface area (Å²) in [5, 5.41) is 3.00. The van der Waals surface area contributed by atoms with Crippen molar-refractivity contribution in [1.29, 1.82) is 0 Å². The van der Waals surface area contributed by atoms with Crippen LogP contribution in [0.25, 0.3) is 10.4 Å². The number of hydrogen-bond donors (Lipinski definition) is 2. The largest absolute Gasteiger partial charge is 0.493 e. The minimum absolute atomic E-state index is 0.0327. The highest BCUT2D eigenvalue weighted by Crippen LogP contribution is 2.41. The Morgan fingerprint density at radius 3 is 2.78 bits per heavy atom. The van der Waals surface area contributed by atoms with Crippen LogP contribution in [0, 0.1) is 11.6 Å². The summed E-state index contributed by atoms with van der Waals surface area (Å²) in [5.41, 5.74) is 7.94. The summed E-state index contributed by atoms with van der Waals surface area (Å²) in [7, 11) is 0. The van der Waals surface area contributed by atoms with Gasteiger partial charge >= 0.3 is 0 Å². The molecule has 0 spiro atoms. The molecule has 2 aliphatic rings. The Balaban J connectivity index is 1.39. The Bertz CT molecular complexity index is 1360. The van der Waals surface area contributed by atoms with Crippen molar-refractivity contribution in [3.05, 3.63) is 70.1 Å². The topological polar surface area (TPSA) is 92.3 Å². The summed E-state index contributed by atoms with van der Waals surface area (Å²) in [6.45, 7) is 4.08. The van der Waals surface area contributed by atoms with Gasteiger partial charge in [-0.15, -0.1) is 11.3 Å². The van der Waals surface area contributed by atoms with Crippen LogP contribution in [-0.4, -0.2) is 55.8 Å². The second-order valence-corrected chi connectivity index (χ2v) is 9.94.